The van der Waals surface area contributed by atoms with E-state index in [1.807, 2.05) is 0 Å². The van der Waals surface area contributed by atoms with Crippen LogP contribution in [0.15, 0.2) is 59.5 Å². The van der Waals surface area contributed by atoms with E-state index in [1.54, 1.807) is 56.3 Å². The molecule has 170 valence electrons. The molecule has 2 aromatic rings. The molecule has 2 aromatic carbocycles. The Labute approximate surface area is 186 Å². The Morgan fingerprint density at radius 3 is 2.41 bits per heavy atom. The van der Waals surface area contributed by atoms with Gasteiger partial charge in [-0.05, 0) is 45.0 Å². The number of sulfonamides is 1. The highest BCUT2D eigenvalue weighted by molar-refractivity contribution is 7.89. The van der Waals surface area contributed by atoms with E-state index in [1.165, 1.54) is 24.0 Å². The number of hydrogen-bond acceptors (Lipinski definition) is 6. The van der Waals surface area contributed by atoms with Crippen molar-refractivity contribution in [3.05, 3.63) is 54.6 Å². The van der Waals surface area contributed by atoms with Crippen molar-refractivity contribution in [3.8, 4) is 0 Å². The van der Waals surface area contributed by atoms with Gasteiger partial charge < -0.3 is 10.1 Å². The number of rotatable bonds is 7. The standard InChI is InChI=1S/C22H25N3O6S/c1-15(31-19(26)13-14-23-32(29,30)16-9-5-4-6-10-16)20(27)25-18-12-8-7-11-17(18)24-21(28)22(25,2)3/h4-12,15,23H,13-14H2,1-3H3,(H,24,28)/t15-/m0/s1. The summed E-state index contributed by atoms with van der Waals surface area (Å²) in [6.45, 7) is 4.43. The number of ether oxygens (including phenoxy) is 1. The molecular formula is C22H25N3O6S. The van der Waals surface area contributed by atoms with E-state index in [4.69, 9.17) is 4.74 Å². The van der Waals surface area contributed by atoms with Crippen LogP contribution < -0.4 is 14.9 Å². The Balaban J connectivity index is 1.63. The van der Waals surface area contributed by atoms with Crippen molar-refractivity contribution in [1.29, 1.82) is 0 Å². The van der Waals surface area contributed by atoms with Crippen LogP contribution in [0.1, 0.15) is 27.2 Å². The normalized spacial score (nSPS) is 16.0. The van der Waals surface area contributed by atoms with Gasteiger partial charge in [0.05, 0.1) is 22.7 Å². The zero-order valence-electron chi connectivity index (χ0n) is 18.0. The second-order valence-electron chi connectivity index (χ2n) is 7.80. The second-order valence-corrected chi connectivity index (χ2v) is 9.56. The summed E-state index contributed by atoms with van der Waals surface area (Å²) >= 11 is 0. The number of esters is 1. The van der Waals surface area contributed by atoms with Gasteiger partial charge in [-0.2, -0.15) is 0 Å². The molecule has 32 heavy (non-hydrogen) atoms. The van der Waals surface area contributed by atoms with Crippen molar-refractivity contribution in [2.24, 2.45) is 0 Å². The van der Waals surface area contributed by atoms with Crippen LogP contribution in [0, 0.1) is 0 Å². The van der Waals surface area contributed by atoms with Gasteiger partial charge in [0.2, 0.25) is 15.9 Å². The van der Waals surface area contributed by atoms with E-state index in [-0.39, 0.29) is 23.8 Å². The molecule has 0 aromatic heterocycles. The highest BCUT2D eigenvalue weighted by atomic mass is 32.2. The van der Waals surface area contributed by atoms with Gasteiger partial charge >= 0.3 is 5.97 Å². The summed E-state index contributed by atoms with van der Waals surface area (Å²) in [5.41, 5.74) is -0.211. The maximum atomic E-state index is 13.1. The molecule has 9 nitrogen and oxygen atoms in total. The maximum absolute atomic E-state index is 13.1. The largest absolute Gasteiger partial charge is 0.452 e. The van der Waals surface area contributed by atoms with Crippen LogP contribution in [-0.2, 0) is 29.1 Å². The molecule has 0 fully saturated rings. The summed E-state index contributed by atoms with van der Waals surface area (Å²) < 4.78 is 32.0. The first-order valence-electron chi connectivity index (χ1n) is 10.0. The van der Waals surface area contributed by atoms with Crippen LogP contribution in [0.25, 0.3) is 0 Å². The fourth-order valence-corrected chi connectivity index (χ4v) is 4.36. The molecule has 0 unspecified atom stereocenters. The monoisotopic (exact) mass is 459 g/mol. The number of hydrogen-bond donors (Lipinski definition) is 2. The number of carbonyl (C=O) groups excluding carboxylic acids is 3. The van der Waals surface area contributed by atoms with Gasteiger partial charge in [0.1, 0.15) is 5.54 Å². The van der Waals surface area contributed by atoms with Crippen LogP contribution in [0.4, 0.5) is 11.4 Å². The van der Waals surface area contributed by atoms with Crippen LogP contribution >= 0.6 is 0 Å². The van der Waals surface area contributed by atoms with E-state index in [2.05, 4.69) is 10.0 Å². The molecule has 10 heteroatoms. The smallest absolute Gasteiger partial charge is 0.307 e. The quantitative estimate of drug-likeness (QED) is 0.611. The highest BCUT2D eigenvalue weighted by Crippen LogP contribution is 2.37. The van der Waals surface area contributed by atoms with Crippen LogP contribution in [0.2, 0.25) is 0 Å². The fraction of sp³-hybridized carbons (Fsp3) is 0.318. The Morgan fingerprint density at radius 1 is 1.09 bits per heavy atom. The topological polar surface area (TPSA) is 122 Å². The summed E-state index contributed by atoms with van der Waals surface area (Å²) in [5.74, 6) is -1.66. The minimum absolute atomic E-state index is 0.0844. The number of fused-ring (bicyclic) bond motifs is 1. The van der Waals surface area contributed by atoms with Crippen molar-refractivity contribution in [1.82, 2.24) is 4.72 Å². The lowest BCUT2D eigenvalue weighted by atomic mass is 9.95. The van der Waals surface area contributed by atoms with Gasteiger partial charge in [0.25, 0.3) is 5.91 Å². The first-order chi connectivity index (χ1) is 15.0. The number of nitrogens with zero attached hydrogens (tertiary/aromatic N) is 1. The third kappa shape index (κ3) is 4.81. The van der Waals surface area contributed by atoms with E-state index in [0.717, 1.165) is 0 Å². The SMILES string of the molecule is C[C@H](OC(=O)CCNS(=O)(=O)c1ccccc1)C(=O)N1c2ccccc2NC(=O)C1(C)C. The van der Waals surface area contributed by atoms with E-state index < -0.39 is 33.5 Å². The second kappa shape index (κ2) is 9.09. The van der Waals surface area contributed by atoms with Crippen LogP contribution in [-0.4, -0.2) is 44.4 Å². The van der Waals surface area contributed by atoms with Crippen molar-refractivity contribution < 1.29 is 27.5 Å². The molecule has 0 bridgehead atoms. The molecule has 0 saturated carbocycles. The third-order valence-electron chi connectivity index (χ3n) is 5.06. The summed E-state index contributed by atoms with van der Waals surface area (Å²) in [7, 11) is -3.75. The Kier molecular flexibility index (Phi) is 6.65. The lowest BCUT2D eigenvalue weighted by molar-refractivity contribution is -0.154. The van der Waals surface area contributed by atoms with E-state index in [0.29, 0.717) is 11.4 Å². The summed E-state index contributed by atoms with van der Waals surface area (Å²) in [4.78, 5) is 39.3. The van der Waals surface area contributed by atoms with Gasteiger partial charge in [-0.1, -0.05) is 30.3 Å². The number of carbonyl (C=O) groups is 3. The van der Waals surface area contributed by atoms with E-state index >= 15 is 0 Å². The van der Waals surface area contributed by atoms with Gasteiger partial charge in [0.15, 0.2) is 6.10 Å². The molecule has 1 heterocycles. The van der Waals surface area contributed by atoms with Gasteiger partial charge in [0, 0.05) is 6.54 Å². The molecule has 1 aliphatic rings. The highest BCUT2D eigenvalue weighted by Gasteiger charge is 2.45. The van der Waals surface area contributed by atoms with Gasteiger partial charge in [-0.25, -0.2) is 13.1 Å². The van der Waals surface area contributed by atoms with Crippen molar-refractivity contribution >= 4 is 39.2 Å². The fourth-order valence-electron chi connectivity index (χ4n) is 3.31. The summed E-state index contributed by atoms with van der Waals surface area (Å²) in [6, 6.07) is 14.6. The molecule has 1 aliphatic heterocycles. The molecule has 3 rings (SSSR count). The Hall–Kier alpha value is -3.24. The van der Waals surface area contributed by atoms with Gasteiger partial charge in [-0.15, -0.1) is 0 Å². The number of amides is 2. The zero-order chi connectivity index (χ0) is 23.5. The molecule has 0 aliphatic carbocycles. The van der Waals surface area contributed by atoms with Crippen LogP contribution in [0.5, 0.6) is 0 Å². The Morgan fingerprint density at radius 2 is 1.72 bits per heavy atom. The van der Waals surface area contributed by atoms with Crippen molar-refractivity contribution in [3.63, 3.8) is 0 Å². The predicted octanol–water partition coefficient (Wildman–Crippen LogP) is 2.05. The lowest BCUT2D eigenvalue weighted by Gasteiger charge is -2.42. The predicted molar refractivity (Wildman–Crippen MR) is 118 cm³/mol. The average molecular weight is 460 g/mol. The maximum Gasteiger partial charge on any atom is 0.307 e. The zero-order valence-corrected chi connectivity index (χ0v) is 18.8. The molecule has 0 radical (unpaired) electrons. The third-order valence-corrected chi connectivity index (χ3v) is 6.54. The van der Waals surface area contributed by atoms with Gasteiger partial charge in [-0.3, -0.25) is 19.3 Å². The molecule has 2 amide bonds. The molecule has 1 atom stereocenters. The molecule has 0 saturated heterocycles. The Bertz CT molecular complexity index is 1130. The number of para-hydroxylation sites is 2. The van der Waals surface area contributed by atoms with Crippen molar-refractivity contribution in [2.75, 3.05) is 16.8 Å². The van der Waals surface area contributed by atoms with Crippen LogP contribution in [0.3, 0.4) is 0 Å². The molecule has 0 spiro atoms. The average Bonchev–Trinajstić information content (AvgIpc) is 2.74. The summed E-state index contributed by atoms with van der Waals surface area (Å²) in [6.07, 6.45) is -1.43. The first-order valence-corrected chi connectivity index (χ1v) is 11.5. The molecule has 2 N–H and O–H groups in total. The minimum Gasteiger partial charge on any atom is -0.452 e. The number of benzene rings is 2. The van der Waals surface area contributed by atoms with E-state index in [9.17, 15) is 22.8 Å². The van der Waals surface area contributed by atoms with Crippen molar-refractivity contribution in [2.45, 2.75) is 43.7 Å². The number of anilines is 2. The lowest BCUT2D eigenvalue weighted by Crippen LogP contribution is -2.60. The minimum atomic E-state index is -3.75. The summed E-state index contributed by atoms with van der Waals surface area (Å²) in [5, 5.41) is 2.76. The molecular weight excluding hydrogens is 434 g/mol. The first kappa shape index (κ1) is 23.4. The number of nitrogens with one attached hydrogen (secondary N) is 2.